The van der Waals surface area contributed by atoms with Crippen molar-refractivity contribution in [1.29, 1.82) is 0 Å². The average Bonchev–Trinajstić information content (AvgIpc) is 3.15. The third kappa shape index (κ3) is 2.16. The molecule has 0 radical (unpaired) electrons. The van der Waals surface area contributed by atoms with Crippen molar-refractivity contribution in [2.75, 3.05) is 5.32 Å². The Kier molecular flexibility index (Phi) is 3.11. The molecule has 5 nitrogen and oxygen atoms in total. The van der Waals surface area contributed by atoms with Gasteiger partial charge in [-0.25, -0.2) is 0 Å². The van der Waals surface area contributed by atoms with Crippen LogP contribution in [0.2, 0.25) is 0 Å². The summed E-state index contributed by atoms with van der Waals surface area (Å²) in [7, 11) is 0. The number of amides is 1. The molecule has 1 amide bonds. The van der Waals surface area contributed by atoms with Crippen LogP contribution in [0.4, 0.5) is 5.69 Å². The van der Waals surface area contributed by atoms with E-state index in [9.17, 15) is 9.59 Å². The quantitative estimate of drug-likeness (QED) is 0.836. The number of carbonyl (C=O) groups is 2. The minimum absolute atomic E-state index is 0.0755. The molecule has 0 spiro atoms. The molecule has 2 aliphatic rings. The number of H-pyrrole nitrogens is 1. The van der Waals surface area contributed by atoms with Crippen molar-refractivity contribution in [1.82, 2.24) is 4.98 Å². The van der Waals surface area contributed by atoms with Gasteiger partial charge in [0.1, 0.15) is 5.92 Å². The number of aromatic nitrogens is 1. The molecular formula is C16H13N3O2S. The van der Waals surface area contributed by atoms with E-state index in [1.165, 1.54) is 18.0 Å². The molecule has 0 saturated heterocycles. The van der Waals surface area contributed by atoms with Gasteiger partial charge in [0.15, 0.2) is 5.78 Å². The fraction of sp³-hybridized carbons (Fsp3) is 0.188. The van der Waals surface area contributed by atoms with Gasteiger partial charge in [0.25, 0.3) is 0 Å². The number of hydrogen-bond acceptors (Lipinski definition) is 4. The third-order valence-corrected chi connectivity index (χ3v) is 5.03. The lowest BCUT2D eigenvalue weighted by Crippen LogP contribution is -2.42. The molecule has 110 valence electrons. The van der Waals surface area contributed by atoms with Crippen molar-refractivity contribution >= 4 is 46.3 Å². The molecule has 6 heteroatoms. The van der Waals surface area contributed by atoms with Crippen LogP contribution < -0.4 is 5.32 Å². The number of aliphatic imine (C=N–C) groups is 1. The number of aromatic amines is 1. The van der Waals surface area contributed by atoms with Gasteiger partial charge >= 0.3 is 0 Å². The van der Waals surface area contributed by atoms with Crippen molar-refractivity contribution in [3.63, 3.8) is 0 Å². The van der Waals surface area contributed by atoms with E-state index in [0.717, 1.165) is 10.9 Å². The topological polar surface area (TPSA) is 74.3 Å². The number of anilines is 1. The number of rotatable bonds is 2. The maximum Gasteiger partial charge on any atom is 0.240 e. The zero-order valence-electron chi connectivity index (χ0n) is 11.5. The minimum atomic E-state index is -0.812. The first-order chi connectivity index (χ1) is 10.7. The van der Waals surface area contributed by atoms with Gasteiger partial charge < -0.3 is 10.3 Å². The highest BCUT2D eigenvalue weighted by Gasteiger charge is 2.40. The molecule has 0 bridgehead atoms. The first-order valence-electron chi connectivity index (χ1n) is 6.99. The minimum Gasteiger partial charge on any atom is -0.361 e. The summed E-state index contributed by atoms with van der Waals surface area (Å²) in [6, 6.07) is 7.45. The Hall–Kier alpha value is -2.34. The summed E-state index contributed by atoms with van der Waals surface area (Å²) in [4.78, 5) is 32.2. The van der Waals surface area contributed by atoms with Crippen LogP contribution in [0.15, 0.2) is 46.9 Å². The van der Waals surface area contributed by atoms with E-state index in [-0.39, 0.29) is 23.0 Å². The Morgan fingerprint density at radius 1 is 1.32 bits per heavy atom. The Labute approximate surface area is 130 Å². The van der Waals surface area contributed by atoms with Gasteiger partial charge in [-0.1, -0.05) is 12.1 Å². The number of hydrogen-bond donors (Lipinski definition) is 2. The number of ketones is 1. The molecule has 1 aromatic carbocycles. The first kappa shape index (κ1) is 13.3. The Morgan fingerprint density at radius 3 is 3.14 bits per heavy atom. The van der Waals surface area contributed by atoms with Crippen molar-refractivity contribution in [3.8, 4) is 0 Å². The highest BCUT2D eigenvalue weighted by molar-refractivity contribution is 8.03. The van der Waals surface area contributed by atoms with E-state index in [0.29, 0.717) is 5.69 Å². The number of nitrogens with one attached hydrogen (secondary N) is 2. The molecular weight excluding hydrogens is 298 g/mol. The van der Waals surface area contributed by atoms with Gasteiger partial charge in [-0.2, -0.15) is 0 Å². The van der Waals surface area contributed by atoms with Crippen LogP contribution in [-0.2, 0) is 9.59 Å². The van der Waals surface area contributed by atoms with Gasteiger partial charge in [-0.05, 0) is 29.0 Å². The van der Waals surface area contributed by atoms with E-state index in [2.05, 4.69) is 15.3 Å². The molecule has 0 aliphatic carbocycles. The van der Waals surface area contributed by atoms with Crippen LogP contribution in [0.25, 0.3) is 10.9 Å². The molecule has 2 aromatic rings. The van der Waals surface area contributed by atoms with Gasteiger partial charge in [-0.15, -0.1) is 11.8 Å². The molecule has 1 aromatic heterocycles. The van der Waals surface area contributed by atoms with Gasteiger partial charge in [0, 0.05) is 23.6 Å². The summed E-state index contributed by atoms with van der Waals surface area (Å²) in [5, 5.41) is 5.50. The molecule has 2 aliphatic heterocycles. The zero-order chi connectivity index (χ0) is 15.1. The third-order valence-electron chi connectivity index (χ3n) is 3.91. The zero-order valence-corrected chi connectivity index (χ0v) is 12.3. The van der Waals surface area contributed by atoms with Crippen LogP contribution in [-0.4, -0.2) is 34.2 Å². The number of benzene rings is 1. The molecule has 3 atom stereocenters. The fourth-order valence-corrected chi connectivity index (χ4v) is 3.76. The number of thioether (sulfide) groups is 1. The molecule has 0 fully saturated rings. The van der Waals surface area contributed by atoms with E-state index in [1.807, 2.05) is 41.9 Å². The van der Waals surface area contributed by atoms with Crippen molar-refractivity contribution in [3.05, 3.63) is 41.9 Å². The Morgan fingerprint density at radius 2 is 2.23 bits per heavy atom. The first-order valence-corrected chi connectivity index (χ1v) is 7.94. The lowest BCUT2D eigenvalue weighted by Gasteiger charge is -2.23. The van der Waals surface area contributed by atoms with E-state index >= 15 is 0 Å². The fourth-order valence-electron chi connectivity index (χ4n) is 2.73. The van der Waals surface area contributed by atoms with Crippen LogP contribution in [0, 0.1) is 5.92 Å². The summed E-state index contributed by atoms with van der Waals surface area (Å²) >= 11 is 1.44. The number of carbonyl (C=O) groups excluding carboxylic acids is 2. The van der Waals surface area contributed by atoms with Crippen molar-refractivity contribution in [2.24, 2.45) is 10.9 Å². The van der Waals surface area contributed by atoms with Gasteiger partial charge in [0.2, 0.25) is 5.91 Å². The van der Waals surface area contributed by atoms with Crippen LogP contribution in [0.1, 0.15) is 0 Å². The highest BCUT2D eigenvalue weighted by atomic mass is 32.2. The van der Waals surface area contributed by atoms with E-state index in [1.54, 1.807) is 0 Å². The van der Waals surface area contributed by atoms with Gasteiger partial charge in [-0.3, -0.25) is 14.6 Å². The lowest BCUT2D eigenvalue weighted by molar-refractivity contribution is -0.128. The molecule has 22 heavy (non-hydrogen) atoms. The smallest absolute Gasteiger partial charge is 0.240 e. The largest absolute Gasteiger partial charge is 0.361 e. The van der Waals surface area contributed by atoms with Crippen LogP contribution in [0.3, 0.4) is 0 Å². The summed E-state index contributed by atoms with van der Waals surface area (Å²) in [5.74, 6) is -1.22. The molecule has 2 N–H and O–H groups in total. The van der Waals surface area contributed by atoms with Crippen LogP contribution >= 0.6 is 11.8 Å². The molecule has 3 unspecified atom stereocenters. The summed E-state index contributed by atoms with van der Waals surface area (Å²) in [6.07, 6.45) is 5.22. The second-order valence-corrected chi connectivity index (χ2v) is 6.38. The maximum atomic E-state index is 12.4. The normalized spacial score (nSPS) is 26.4. The summed E-state index contributed by atoms with van der Waals surface area (Å²) in [6.45, 7) is 0. The van der Waals surface area contributed by atoms with Gasteiger partial charge in [0.05, 0.1) is 11.3 Å². The number of nitrogens with zero attached hydrogens (tertiary/aromatic N) is 1. The van der Waals surface area contributed by atoms with Crippen LogP contribution in [0.5, 0.6) is 0 Å². The number of fused-ring (bicyclic) bond motifs is 2. The molecule has 4 rings (SSSR count). The SMILES string of the molecule is O=C(Nc1ccc2cc[nH]c2c1)C1C=NC2C=CSC2C1=O. The Balaban J connectivity index is 1.54. The van der Waals surface area contributed by atoms with E-state index in [4.69, 9.17) is 0 Å². The summed E-state index contributed by atoms with van der Waals surface area (Å²) in [5.41, 5.74) is 1.61. The second kappa shape index (κ2) is 5.14. The van der Waals surface area contributed by atoms with Crippen molar-refractivity contribution < 1.29 is 9.59 Å². The highest BCUT2D eigenvalue weighted by Crippen LogP contribution is 2.32. The standard InChI is InChI=1S/C16H13N3O2S/c20-14-11(8-18-12-4-6-22-15(12)14)16(21)19-10-2-1-9-3-5-17-13(9)7-10/h1-8,11-12,15,17H,(H,19,21). The number of Topliss-reactive ketones (excluding diaryl/α,β-unsaturated/α-hetero) is 1. The maximum absolute atomic E-state index is 12.4. The summed E-state index contributed by atoms with van der Waals surface area (Å²) < 4.78 is 0. The lowest BCUT2D eigenvalue weighted by atomic mass is 9.94. The molecule has 0 saturated carbocycles. The monoisotopic (exact) mass is 311 g/mol. The predicted molar refractivity (Wildman–Crippen MR) is 88.2 cm³/mol. The Bertz CT molecular complexity index is 824. The second-order valence-electron chi connectivity index (χ2n) is 5.32. The molecule has 3 heterocycles. The average molecular weight is 311 g/mol. The predicted octanol–water partition coefficient (Wildman–Crippen LogP) is 2.37. The van der Waals surface area contributed by atoms with E-state index < -0.39 is 5.92 Å². The van der Waals surface area contributed by atoms with Crippen molar-refractivity contribution in [2.45, 2.75) is 11.3 Å².